The molecule has 123 heavy (non-hydrogen) atoms. The van der Waals surface area contributed by atoms with Gasteiger partial charge in [0.2, 0.25) is 0 Å². The Labute approximate surface area is 751 Å². The van der Waals surface area contributed by atoms with Crippen LogP contribution in [0.3, 0.4) is 0 Å². The minimum Gasteiger partial charge on any atom is -0.463 e. The molecule has 0 aliphatic carbocycles. The molecule has 0 heterocycles. The molecule has 704 valence electrons. The molecule has 4 N–H and O–H groups in total. The molecule has 0 aliphatic heterocycles. The number of esters is 3. The van der Waals surface area contributed by atoms with Crippen LogP contribution in [0.2, 0.25) is 0 Å². The summed E-state index contributed by atoms with van der Waals surface area (Å²) in [7, 11) is -9.82. The predicted octanol–water partition coefficient (Wildman–Crippen LogP) is 30.8. The maximum Gasteiger partial charge on any atom is 0.472 e. The molecule has 0 rings (SSSR count). The van der Waals surface area contributed by atoms with Gasteiger partial charge >= 0.3 is 33.6 Å². The molecular weight excluding hydrogens is 1580 g/mol. The molecule has 0 aromatic heterocycles. The lowest BCUT2D eigenvalue weighted by molar-refractivity contribution is -0.161. The van der Waals surface area contributed by atoms with E-state index in [1.165, 1.54) is 180 Å². The van der Waals surface area contributed by atoms with E-state index in [1.807, 2.05) is 0 Å². The molecule has 0 aliphatic rings. The van der Waals surface area contributed by atoms with E-state index in [2.05, 4.69) is 203 Å². The highest BCUT2D eigenvalue weighted by Crippen LogP contribution is 2.45. The molecule has 5 atom stereocenters. The van der Waals surface area contributed by atoms with Crippen LogP contribution in [0.1, 0.15) is 406 Å². The number of carbonyl (C=O) groups excluding carboxylic acids is 3. The lowest BCUT2D eigenvalue weighted by Crippen LogP contribution is -2.30. The third-order valence-corrected chi connectivity index (χ3v) is 22.5. The first-order valence-corrected chi connectivity index (χ1v) is 52.1. The first kappa shape index (κ1) is 118. The number of rotatable bonds is 92. The standard InChI is InChI=1S/C105H178O16P2/c1-4-7-10-13-16-19-22-25-28-31-34-37-40-43-45-47-49-51-53-56-58-61-64-67-70-73-76-79-82-85-88-91-103(108)115-94-100(106)95-117-122(111,112)118-96-101(107)97-119-123(113,114)120-99-102(121-105(110)93-90-87-84-81-78-75-72-69-66-63-60-55-42-39-36-33-30-27-24-21-18-15-12-9-6-3)98-116-104(109)92-89-86-83-80-77-74-71-68-65-62-59-57-54-52-50-48-46-44-41-38-35-32-29-26-23-20-17-14-11-8-5-2/h7,9-10,12,16-21,25-30,34-39,43-46,55,60,66,69,100-102,106-107H,4-6,8,11,13-15,22-24,31-33,40-42,47-54,56-59,61-65,67-68,70-99H2,1-3H3,(H,111,112)(H,113,114)/b10-7-,12-9-,19-16-,20-17-,21-18-,28-25-,29-26-,30-27-,37-34-,38-35-,39-36-,45-43-,46-44-,60-55-,69-66-. The number of phosphoric acid groups is 2. The van der Waals surface area contributed by atoms with E-state index in [4.69, 9.17) is 32.3 Å². The summed E-state index contributed by atoms with van der Waals surface area (Å²) in [6.45, 7) is 2.46. The van der Waals surface area contributed by atoms with E-state index in [9.17, 15) is 43.5 Å². The number of phosphoric ester groups is 2. The minimum absolute atomic E-state index is 0.0827. The number of unbranched alkanes of at least 4 members (excludes halogenated alkanes) is 39. The van der Waals surface area contributed by atoms with Gasteiger partial charge in [0.1, 0.15) is 25.4 Å². The number of allylic oxidation sites excluding steroid dienone is 30. The van der Waals surface area contributed by atoms with Crippen molar-refractivity contribution in [3.8, 4) is 0 Å². The van der Waals surface area contributed by atoms with Gasteiger partial charge in [0, 0.05) is 19.3 Å². The number of ether oxygens (including phenoxy) is 3. The molecule has 0 saturated heterocycles. The van der Waals surface area contributed by atoms with Gasteiger partial charge in [0.05, 0.1) is 26.4 Å². The van der Waals surface area contributed by atoms with Gasteiger partial charge in [-0.25, -0.2) is 9.13 Å². The van der Waals surface area contributed by atoms with Gasteiger partial charge in [-0.15, -0.1) is 0 Å². The molecule has 0 fully saturated rings. The molecule has 16 nitrogen and oxygen atoms in total. The lowest BCUT2D eigenvalue weighted by atomic mass is 10.0. The van der Waals surface area contributed by atoms with Crippen molar-refractivity contribution < 1.29 is 75.8 Å². The Balaban J connectivity index is 4.64. The van der Waals surface area contributed by atoms with Gasteiger partial charge in [-0.3, -0.25) is 32.5 Å². The Kier molecular flexibility index (Phi) is 91.6. The maximum atomic E-state index is 13.1. The molecule has 0 bridgehead atoms. The van der Waals surface area contributed by atoms with Crippen molar-refractivity contribution in [2.75, 3.05) is 39.6 Å². The normalized spacial score (nSPS) is 14.5. The first-order valence-electron chi connectivity index (χ1n) is 49.1. The molecule has 0 saturated carbocycles. The van der Waals surface area contributed by atoms with Crippen LogP contribution >= 0.6 is 15.6 Å². The van der Waals surface area contributed by atoms with Crippen molar-refractivity contribution in [2.24, 2.45) is 0 Å². The fourth-order valence-corrected chi connectivity index (χ4v) is 14.8. The fraction of sp³-hybridized carbons (Fsp3) is 0.686. The van der Waals surface area contributed by atoms with Crippen molar-refractivity contribution in [2.45, 2.75) is 424 Å². The molecule has 0 aromatic rings. The smallest absolute Gasteiger partial charge is 0.463 e. The summed E-state index contributed by atoms with van der Waals surface area (Å²) in [6, 6.07) is 0. The SMILES string of the molecule is CC/C=C\C/C=C\C/C=C\C/C=C\C/C=C\C/C=C\CCCCCCCCC(=O)OC(COC(=O)CCCCCCCCCCCCCCCCC/C=C\C/C=C\C/C=C\C/C=C\CCCCC)COP(=O)(O)OCC(O)COP(=O)(O)OCC(O)COC(=O)CCCCCCCCCCCCCCCCC/C=C\C/C=C\C/C=C\C/C=C\C/C=C\CC. The number of hydrogen-bond donors (Lipinski definition) is 4. The Morgan fingerprint density at radius 1 is 0.236 bits per heavy atom. The van der Waals surface area contributed by atoms with Gasteiger partial charge in [0.25, 0.3) is 0 Å². The fourth-order valence-electron chi connectivity index (χ4n) is 13.2. The second-order valence-corrected chi connectivity index (χ2v) is 35.4. The van der Waals surface area contributed by atoms with E-state index in [1.54, 1.807) is 0 Å². The van der Waals surface area contributed by atoms with E-state index < -0.39 is 91.5 Å². The van der Waals surface area contributed by atoms with E-state index >= 15 is 0 Å². The molecule has 0 radical (unpaired) electrons. The van der Waals surface area contributed by atoms with Crippen molar-refractivity contribution >= 4 is 33.6 Å². The van der Waals surface area contributed by atoms with Crippen LogP contribution in [0.25, 0.3) is 0 Å². The number of carbonyl (C=O) groups is 3. The van der Waals surface area contributed by atoms with Crippen LogP contribution in [0.4, 0.5) is 0 Å². The summed E-state index contributed by atoms with van der Waals surface area (Å²) in [5, 5.41) is 20.8. The van der Waals surface area contributed by atoms with Crippen LogP contribution in [-0.2, 0) is 55.8 Å². The zero-order chi connectivity index (χ0) is 89.3. The summed E-state index contributed by atoms with van der Waals surface area (Å²) in [5.74, 6) is -1.58. The number of aliphatic hydroxyl groups is 2. The highest BCUT2D eigenvalue weighted by molar-refractivity contribution is 7.47. The van der Waals surface area contributed by atoms with Gasteiger partial charge in [-0.1, -0.05) is 409 Å². The minimum atomic E-state index is -4.95. The Morgan fingerprint density at radius 3 is 0.683 bits per heavy atom. The monoisotopic (exact) mass is 1760 g/mol. The summed E-state index contributed by atoms with van der Waals surface area (Å²) in [4.78, 5) is 59.1. The quantitative estimate of drug-likeness (QED) is 0.0146. The topological polar surface area (TPSA) is 231 Å². The highest BCUT2D eigenvalue weighted by atomic mass is 31.2. The second kappa shape index (κ2) is 95.7. The van der Waals surface area contributed by atoms with E-state index in [0.29, 0.717) is 19.3 Å². The zero-order valence-corrected chi connectivity index (χ0v) is 79.6. The van der Waals surface area contributed by atoms with Gasteiger partial charge in [0.15, 0.2) is 6.10 Å². The Morgan fingerprint density at radius 2 is 0.431 bits per heavy atom. The van der Waals surface area contributed by atoms with Crippen LogP contribution in [0, 0.1) is 0 Å². The van der Waals surface area contributed by atoms with E-state index in [-0.39, 0.29) is 19.3 Å². The molecule has 18 heteroatoms. The first-order chi connectivity index (χ1) is 60.2. The van der Waals surface area contributed by atoms with Crippen molar-refractivity contribution in [1.29, 1.82) is 0 Å². The van der Waals surface area contributed by atoms with Crippen molar-refractivity contribution in [1.82, 2.24) is 0 Å². The highest BCUT2D eigenvalue weighted by Gasteiger charge is 2.30. The molecule has 0 aromatic carbocycles. The van der Waals surface area contributed by atoms with Gasteiger partial charge in [-0.05, 0) is 161 Å². The summed E-state index contributed by atoms with van der Waals surface area (Å²) < 4.78 is 61.6. The largest absolute Gasteiger partial charge is 0.472 e. The average molecular weight is 1760 g/mol. The van der Waals surface area contributed by atoms with Gasteiger partial charge < -0.3 is 34.2 Å². The number of hydrogen-bond acceptors (Lipinski definition) is 14. The Hall–Kier alpha value is -5.35. The van der Waals surface area contributed by atoms with Gasteiger partial charge in [-0.2, -0.15) is 0 Å². The maximum absolute atomic E-state index is 13.1. The van der Waals surface area contributed by atoms with Crippen LogP contribution in [0.15, 0.2) is 182 Å². The summed E-state index contributed by atoms with van der Waals surface area (Å²) in [6.07, 6.45) is 127. The molecular formula is C105H178O16P2. The molecule has 0 amide bonds. The van der Waals surface area contributed by atoms with Crippen LogP contribution < -0.4 is 0 Å². The molecule has 0 spiro atoms. The average Bonchev–Trinajstić information content (AvgIpc) is 0.870. The van der Waals surface area contributed by atoms with Crippen LogP contribution in [-0.4, -0.2) is 95.9 Å². The summed E-state index contributed by atoms with van der Waals surface area (Å²) in [5.41, 5.74) is 0. The zero-order valence-electron chi connectivity index (χ0n) is 77.8. The number of aliphatic hydroxyl groups excluding tert-OH is 2. The summed E-state index contributed by atoms with van der Waals surface area (Å²) >= 11 is 0. The van der Waals surface area contributed by atoms with E-state index in [0.717, 1.165) is 167 Å². The van der Waals surface area contributed by atoms with Crippen molar-refractivity contribution in [3.63, 3.8) is 0 Å². The third-order valence-electron chi connectivity index (χ3n) is 20.6. The Bertz CT molecular complexity index is 2970. The molecule has 5 unspecified atom stereocenters. The lowest BCUT2D eigenvalue weighted by Gasteiger charge is -2.21. The second-order valence-electron chi connectivity index (χ2n) is 32.5. The van der Waals surface area contributed by atoms with Crippen molar-refractivity contribution in [3.05, 3.63) is 182 Å². The van der Waals surface area contributed by atoms with Crippen LogP contribution in [0.5, 0.6) is 0 Å². The predicted molar refractivity (Wildman–Crippen MR) is 518 cm³/mol. The third kappa shape index (κ3) is 97.1.